The molecule has 3 heterocycles. The molecular weight excluding hydrogens is 412 g/mol. The van der Waals surface area contributed by atoms with Crippen molar-refractivity contribution in [2.75, 3.05) is 50.6 Å². The highest BCUT2D eigenvalue weighted by Crippen LogP contribution is 2.21. The van der Waals surface area contributed by atoms with Crippen molar-refractivity contribution < 1.29 is 19.1 Å². The predicted octanol–water partition coefficient (Wildman–Crippen LogP) is 1.77. The zero-order valence-corrected chi connectivity index (χ0v) is 17.9. The number of rotatable bonds is 7. The zero-order chi connectivity index (χ0) is 22.5. The van der Waals surface area contributed by atoms with Gasteiger partial charge in [0.25, 0.3) is 11.8 Å². The van der Waals surface area contributed by atoms with Gasteiger partial charge in [0.05, 0.1) is 31.9 Å². The van der Waals surface area contributed by atoms with Crippen LogP contribution in [0.15, 0.2) is 36.5 Å². The monoisotopic (exact) mass is 438 g/mol. The van der Waals surface area contributed by atoms with E-state index in [1.165, 1.54) is 0 Å². The number of hydrogen-bond acceptors (Lipinski definition) is 7. The summed E-state index contributed by atoms with van der Waals surface area (Å²) < 4.78 is 12.6. The van der Waals surface area contributed by atoms with E-state index in [4.69, 9.17) is 15.2 Å². The molecule has 0 unspecified atom stereocenters. The van der Waals surface area contributed by atoms with Gasteiger partial charge in [-0.15, -0.1) is 0 Å². The summed E-state index contributed by atoms with van der Waals surface area (Å²) in [7, 11) is 0. The summed E-state index contributed by atoms with van der Waals surface area (Å²) in [5.74, 6) is -0.123. The number of benzene rings is 1. The van der Waals surface area contributed by atoms with Gasteiger partial charge in [-0.3, -0.25) is 19.5 Å². The number of nitrogens with one attached hydrogen (secondary N) is 1. The number of imidazole rings is 1. The summed E-state index contributed by atoms with van der Waals surface area (Å²) in [6, 6.07) is 8.40. The molecule has 1 aliphatic heterocycles. The molecule has 0 aliphatic carbocycles. The number of carbonyl (C=O) groups excluding carboxylic acids is 2. The van der Waals surface area contributed by atoms with Crippen molar-refractivity contribution in [3.8, 4) is 0 Å². The number of anilines is 2. The maximum Gasteiger partial charge on any atom is 0.258 e. The van der Waals surface area contributed by atoms with Gasteiger partial charge in [-0.2, -0.15) is 0 Å². The second kappa shape index (κ2) is 9.75. The maximum atomic E-state index is 12.8. The van der Waals surface area contributed by atoms with Gasteiger partial charge in [0, 0.05) is 37.1 Å². The fourth-order valence-electron chi connectivity index (χ4n) is 3.54. The topological polar surface area (TPSA) is 125 Å². The lowest BCUT2D eigenvalue weighted by Gasteiger charge is -2.26. The normalized spacial score (nSPS) is 14.0. The van der Waals surface area contributed by atoms with Crippen molar-refractivity contribution in [1.82, 2.24) is 19.4 Å². The molecule has 0 saturated carbocycles. The van der Waals surface area contributed by atoms with Crippen LogP contribution in [0.5, 0.6) is 0 Å². The lowest BCUT2D eigenvalue weighted by molar-refractivity contribution is 0.0302. The Kier molecular flexibility index (Phi) is 6.62. The Hall–Kier alpha value is -3.50. The number of nitrogen functional groups attached to an aromatic ring is 1. The Labute approximate surface area is 185 Å². The number of fused-ring (bicyclic) bond motifs is 1. The fourth-order valence-corrected chi connectivity index (χ4v) is 3.54. The molecule has 0 atom stereocenters. The highest BCUT2D eigenvalue weighted by molar-refractivity contribution is 6.04. The summed E-state index contributed by atoms with van der Waals surface area (Å²) in [6.07, 6.45) is 1.54. The zero-order valence-electron chi connectivity index (χ0n) is 17.9. The third kappa shape index (κ3) is 4.71. The number of morpholine rings is 1. The van der Waals surface area contributed by atoms with Gasteiger partial charge in [-0.1, -0.05) is 6.07 Å². The first-order chi connectivity index (χ1) is 15.6. The van der Waals surface area contributed by atoms with Crippen LogP contribution in [0.3, 0.4) is 0 Å². The molecule has 1 saturated heterocycles. The van der Waals surface area contributed by atoms with Gasteiger partial charge < -0.3 is 20.1 Å². The van der Waals surface area contributed by atoms with E-state index in [1.807, 2.05) is 6.92 Å². The van der Waals surface area contributed by atoms with Gasteiger partial charge in [-0.05, 0) is 31.2 Å². The molecule has 3 N–H and O–H groups in total. The average Bonchev–Trinajstić information content (AvgIpc) is 3.15. The molecule has 2 aromatic heterocycles. The SMILES string of the molecule is CCOCCn1c(NC(=O)c2cccc(N)c2)nc2cc(C(=O)N3CCOCC3)cnc21. The van der Waals surface area contributed by atoms with Crippen molar-refractivity contribution in [3.05, 3.63) is 47.7 Å². The van der Waals surface area contributed by atoms with Crippen LogP contribution in [0, 0.1) is 0 Å². The largest absolute Gasteiger partial charge is 0.399 e. The quantitative estimate of drug-likeness (QED) is 0.425. The highest BCUT2D eigenvalue weighted by Gasteiger charge is 2.21. The summed E-state index contributed by atoms with van der Waals surface area (Å²) in [4.78, 5) is 36.4. The first-order valence-corrected chi connectivity index (χ1v) is 10.5. The molecule has 3 aromatic rings. The number of ether oxygens (including phenoxy) is 2. The summed E-state index contributed by atoms with van der Waals surface area (Å²) in [5.41, 5.74) is 8.24. The number of hydrogen-bond donors (Lipinski definition) is 2. The standard InChI is InChI=1S/C22H26N6O4/c1-2-31-11-8-28-19-18(13-16(14-24-19)21(30)27-6-9-32-10-7-27)25-22(28)26-20(29)15-4-3-5-17(23)12-15/h3-5,12-14H,2,6-11,23H2,1H3,(H,25,26,29). The highest BCUT2D eigenvalue weighted by atomic mass is 16.5. The molecule has 10 nitrogen and oxygen atoms in total. The summed E-state index contributed by atoms with van der Waals surface area (Å²) in [6.45, 7) is 5.49. The van der Waals surface area contributed by atoms with Gasteiger partial charge >= 0.3 is 0 Å². The number of carbonyl (C=O) groups is 2. The first-order valence-electron chi connectivity index (χ1n) is 10.5. The number of aromatic nitrogens is 3. The summed E-state index contributed by atoms with van der Waals surface area (Å²) >= 11 is 0. The minimum atomic E-state index is -0.338. The van der Waals surface area contributed by atoms with Crippen LogP contribution in [-0.2, 0) is 16.0 Å². The molecule has 10 heteroatoms. The van der Waals surface area contributed by atoms with Crippen LogP contribution >= 0.6 is 0 Å². The Morgan fingerprint density at radius 2 is 2.03 bits per heavy atom. The summed E-state index contributed by atoms with van der Waals surface area (Å²) in [5, 5.41) is 2.83. The van der Waals surface area contributed by atoms with Crippen LogP contribution in [0.1, 0.15) is 27.6 Å². The van der Waals surface area contributed by atoms with E-state index in [2.05, 4.69) is 15.3 Å². The minimum Gasteiger partial charge on any atom is -0.399 e. The lowest BCUT2D eigenvalue weighted by atomic mass is 10.2. The lowest BCUT2D eigenvalue weighted by Crippen LogP contribution is -2.40. The maximum absolute atomic E-state index is 12.8. The van der Waals surface area contributed by atoms with Gasteiger partial charge in [-0.25, -0.2) is 9.97 Å². The number of nitrogens with two attached hydrogens (primary N) is 1. The number of nitrogens with zero attached hydrogens (tertiary/aromatic N) is 4. The van der Waals surface area contributed by atoms with E-state index in [9.17, 15) is 9.59 Å². The van der Waals surface area contributed by atoms with Crippen molar-refractivity contribution >= 4 is 34.6 Å². The third-order valence-electron chi connectivity index (χ3n) is 5.17. The van der Waals surface area contributed by atoms with Crippen molar-refractivity contribution in [1.29, 1.82) is 0 Å². The number of amides is 2. The van der Waals surface area contributed by atoms with E-state index >= 15 is 0 Å². The molecule has 4 rings (SSSR count). The van der Waals surface area contributed by atoms with Crippen molar-refractivity contribution in [2.24, 2.45) is 0 Å². The Balaban J connectivity index is 1.64. The van der Waals surface area contributed by atoms with Crippen molar-refractivity contribution in [3.63, 3.8) is 0 Å². The number of pyridine rings is 1. The van der Waals surface area contributed by atoms with E-state index in [0.717, 1.165) is 0 Å². The molecule has 168 valence electrons. The second-order valence-corrected chi connectivity index (χ2v) is 7.33. The predicted molar refractivity (Wildman–Crippen MR) is 120 cm³/mol. The Morgan fingerprint density at radius 3 is 2.78 bits per heavy atom. The molecule has 32 heavy (non-hydrogen) atoms. The Bertz CT molecular complexity index is 1120. The van der Waals surface area contributed by atoms with E-state index in [1.54, 1.807) is 46.0 Å². The first kappa shape index (κ1) is 21.7. The third-order valence-corrected chi connectivity index (χ3v) is 5.17. The molecule has 0 spiro atoms. The van der Waals surface area contributed by atoms with Crippen LogP contribution in [0.2, 0.25) is 0 Å². The van der Waals surface area contributed by atoms with Crippen molar-refractivity contribution in [2.45, 2.75) is 13.5 Å². The Morgan fingerprint density at radius 1 is 1.22 bits per heavy atom. The van der Waals surface area contributed by atoms with Gasteiger partial charge in [0.2, 0.25) is 5.95 Å². The molecule has 0 radical (unpaired) electrons. The average molecular weight is 438 g/mol. The molecule has 2 amide bonds. The van der Waals surface area contributed by atoms with E-state index in [0.29, 0.717) is 80.0 Å². The van der Waals surface area contributed by atoms with Crippen LogP contribution < -0.4 is 11.1 Å². The molecule has 0 bridgehead atoms. The molecule has 1 aromatic carbocycles. The molecular formula is C22H26N6O4. The van der Waals surface area contributed by atoms with Crippen LogP contribution in [0.25, 0.3) is 11.2 Å². The second-order valence-electron chi connectivity index (χ2n) is 7.33. The van der Waals surface area contributed by atoms with E-state index < -0.39 is 0 Å². The van der Waals surface area contributed by atoms with Gasteiger partial charge in [0.1, 0.15) is 5.52 Å². The molecule has 1 aliphatic rings. The van der Waals surface area contributed by atoms with E-state index in [-0.39, 0.29) is 11.8 Å². The van der Waals surface area contributed by atoms with Crippen LogP contribution in [0.4, 0.5) is 11.6 Å². The van der Waals surface area contributed by atoms with Gasteiger partial charge in [0.15, 0.2) is 5.65 Å². The fraction of sp³-hybridized carbons (Fsp3) is 0.364. The smallest absolute Gasteiger partial charge is 0.258 e. The van der Waals surface area contributed by atoms with Crippen LogP contribution in [-0.4, -0.2) is 70.8 Å². The minimum absolute atomic E-state index is 0.114. The molecule has 1 fully saturated rings.